The molecule has 0 unspecified atom stereocenters. The van der Waals surface area contributed by atoms with Crippen LogP contribution in [-0.2, 0) is 0 Å². The van der Waals surface area contributed by atoms with Crippen molar-refractivity contribution in [3.05, 3.63) is 18.3 Å². The number of fused-ring (bicyclic) bond motifs is 1. The first-order chi connectivity index (χ1) is 9.24. The van der Waals surface area contributed by atoms with Gasteiger partial charge in [0.05, 0.1) is 6.10 Å². The standard InChI is InChI=1S/C13H18N4O2/c1-2-17-7-9(6-10(18)8-17)15-13-16-12-11(19-13)4-3-5-14-12/h3-5,9-10,18H,2,6-8H2,1H3,(H,14,15,16)/t9-,10+/m1/s1. The second kappa shape index (κ2) is 5.14. The molecule has 0 bridgehead atoms. The van der Waals surface area contributed by atoms with Crippen LogP contribution in [0, 0.1) is 0 Å². The highest BCUT2D eigenvalue weighted by molar-refractivity contribution is 5.69. The number of β-amino-alcohol motifs (C(OH)–C–C–N with tert-alkyl or cyclic N) is 1. The molecule has 3 heterocycles. The van der Waals surface area contributed by atoms with E-state index in [1.54, 1.807) is 6.20 Å². The van der Waals surface area contributed by atoms with Gasteiger partial charge in [-0.1, -0.05) is 6.92 Å². The lowest BCUT2D eigenvalue weighted by Gasteiger charge is -2.34. The van der Waals surface area contributed by atoms with Crippen LogP contribution in [0.15, 0.2) is 22.7 Å². The average Bonchev–Trinajstić information content (AvgIpc) is 2.80. The number of likely N-dealkylation sites (N-methyl/N-ethyl adjacent to an activating group) is 1. The molecule has 1 aliphatic rings. The van der Waals surface area contributed by atoms with Crippen molar-refractivity contribution < 1.29 is 9.52 Å². The third kappa shape index (κ3) is 2.69. The molecule has 0 radical (unpaired) electrons. The molecule has 3 rings (SSSR count). The van der Waals surface area contributed by atoms with Crippen LogP contribution < -0.4 is 5.32 Å². The minimum atomic E-state index is -0.297. The second-order valence-corrected chi connectivity index (χ2v) is 4.93. The number of pyridine rings is 1. The van der Waals surface area contributed by atoms with E-state index in [0.29, 0.717) is 23.7 Å². The number of piperidine rings is 1. The number of hydrogen-bond donors (Lipinski definition) is 2. The molecular formula is C13H18N4O2. The largest absolute Gasteiger partial charge is 0.422 e. The minimum Gasteiger partial charge on any atom is -0.422 e. The highest BCUT2D eigenvalue weighted by atomic mass is 16.4. The van der Waals surface area contributed by atoms with Crippen LogP contribution in [0.2, 0.25) is 0 Å². The van der Waals surface area contributed by atoms with Crippen molar-refractivity contribution in [3.63, 3.8) is 0 Å². The summed E-state index contributed by atoms with van der Waals surface area (Å²) in [5, 5.41) is 13.1. The Morgan fingerprint density at radius 2 is 2.42 bits per heavy atom. The van der Waals surface area contributed by atoms with E-state index in [4.69, 9.17) is 4.42 Å². The number of likely N-dealkylation sites (tertiary alicyclic amines) is 1. The highest BCUT2D eigenvalue weighted by Crippen LogP contribution is 2.19. The van der Waals surface area contributed by atoms with E-state index < -0.39 is 0 Å². The van der Waals surface area contributed by atoms with Gasteiger partial charge in [-0.25, -0.2) is 4.98 Å². The summed E-state index contributed by atoms with van der Waals surface area (Å²) in [5.74, 6) is 0. The number of hydrogen-bond acceptors (Lipinski definition) is 6. The first kappa shape index (κ1) is 12.4. The summed E-state index contributed by atoms with van der Waals surface area (Å²) in [6.45, 7) is 4.66. The Labute approximate surface area is 111 Å². The van der Waals surface area contributed by atoms with Crippen LogP contribution >= 0.6 is 0 Å². The summed E-state index contributed by atoms with van der Waals surface area (Å²) in [4.78, 5) is 10.6. The predicted octanol–water partition coefficient (Wildman–Crippen LogP) is 1.09. The summed E-state index contributed by atoms with van der Waals surface area (Å²) in [6.07, 6.45) is 2.11. The van der Waals surface area contributed by atoms with Crippen LogP contribution in [0.1, 0.15) is 13.3 Å². The summed E-state index contributed by atoms with van der Waals surface area (Å²) < 4.78 is 5.59. The third-order valence-corrected chi connectivity index (χ3v) is 3.44. The van der Waals surface area contributed by atoms with Crippen molar-refractivity contribution >= 4 is 17.2 Å². The average molecular weight is 262 g/mol. The first-order valence-electron chi connectivity index (χ1n) is 6.63. The number of rotatable bonds is 3. The van der Waals surface area contributed by atoms with Crippen molar-refractivity contribution in [2.24, 2.45) is 0 Å². The maximum absolute atomic E-state index is 9.85. The van der Waals surface area contributed by atoms with Gasteiger partial charge in [0, 0.05) is 25.3 Å². The number of aliphatic hydroxyl groups is 1. The summed E-state index contributed by atoms with van der Waals surface area (Å²) >= 11 is 0. The lowest BCUT2D eigenvalue weighted by atomic mass is 10.0. The fourth-order valence-corrected chi connectivity index (χ4v) is 2.53. The predicted molar refractivity (Wildman–Crippen MR) is 72.0 cm³/mol. The zero-order chi connectivity index (χ0) is 13.2. The number of oxazole rings is 1. The Kier molecular flexibility index (Phi) is 3.35. The maximum Gasteiger partial charge on any atom is 0.297 e. The van der Waals surface area contributed by atoms with Gasteiger partial charge in [0.1, 0.15) is 0 Å². The minimum absolute atomic E-state index is 0.150. The van der Waals surface area contributed by atoms with E-state index in [1.807, 2.05) is 12.1 Å². The Hall–Kier alpha value is -1.66. The molecule has 0 spiro atoms. The van der Waals surface area contributed by atoms with Gasteiger partial charge in [-0.3, -0.25) is 4.90 Å². The van der Waals surface area contributed by atoms with Gasteiger partial charge in [0.2, 0.25) is 5.65 Å². The van der Waals surface area contributed by atoms with Gasteiger partial charge in [0.25, 0.3) is 6.01 Å². The van der Waals surface area contributed by atoms with Crippen molar-refractivity contribution in [1.29, 1.82) is 0 Å². The molecule has 19 heavy (non-hydrogen) atoms. The maximum atomic E-state index is 9.85. The number of aliphatic hydroxyl groups excluding tert-OH is 1. The lowest BCUT2D eigenvalue weighted by Crippen LogP contribution is -2.48. The monoisotopic (exact) mass is 262 g/mol. The SMILES string of the molecule is CCN1C[C@@H](O)C[C@@H](Nc2nc3ncccc3o2)C1. The van der Waals surface area contributed by atoms with Crippen molar-refractivity contribution in [3.8, 4) is 0 Å². The normalized spacial score (nSPS) is 24.7. The van der Waals surface area contributed by atoms with E-state index in [0.717, 1.165) is 19.6 Å². The van der Waals surface area contributed by atoms with E-state index in [2.05, 4.69) is 27.1 Å². The molecule has 1 fully saturated rings. The van der Waals surface area contributed by atoms with Crippen LogP contribution in [-0.4, -0.2) is 51.8 Å². The summed E-state index contributed by atoms with van der Waals surface area (Å²) in [6, 6.07) is 4.29. The molecule has 2 aromatic heterocycles. The van der Waals surface area contributed by atoms with Crippen molar-refractivity contribution in [1.82, 2.24) is 14.9 Å². The number of anilines is 1. The highest BCUT2D eigenvalue weighted by Gasteiger charge is 2.26. The topological polar surface area (TPSA) is 74.4 Å². The van der Waals surface area contributed by atoms with Crippen LogP contribution in [0.3, 0.4) is 0 Å². The van der Waals surface area contributed by atoms with Crippen LogP contribution in [0.4, 0.5) is 6.01 Å². The van der Waals surface area contributed by atoms with Gasteiger partial charge in [0.15, 0.2) is 5.58 Å². The zero-order valence-electron chi connectivity index (χ0n) is 10.9. The van der Waals surface area contributed by atoms with Crippen molar-refractivity contribution in [2.75, 3.05) is 25.0 Å². The van der Waals surface area contributed by atoms with Crippen LogP contribution in [0.25, 0.3) is 11.2 Å². The fourth-order valence-electron chi connectivity index (χ4n) is 2.53. The first-order valence-corrected chi connectivity index (χ1v) is 6.63. The van der Waals surface area contributed by atoms with Gasteiger partial charge in [-0.05, 0) is 25.1 Å². The molecule has 1 saturated heterocycles. The number of aromatic nitrogens is 2. The Morgan fingerprint density at radius 1 is 1.53 bits per heavy atom. The molecule has 1 aliphatic heterocycles. The molecule has 0 aromatic carbocycles. The Balaban J connectivity index is 1.73. The molecule has 2 atom stereocenters. The lowest BCUT2D eigenvalue weighted by molar-refractivity contribution is 0.0667. The number of nitrogens with zero attached hydrogens (tertiary/aromatic N) is 3. The van der Waals surface area contributed by atoms with E-state index >= 15 is 0 Å². The second-order valence-electron chi connectivity index (χ2n) is 4.93. The molecule has 2 N–H and O–H groups in total. The van der Waals surface area contributed by atoms with E-state index in [9.17, 15) is 5.11 Å². The zero-order valence-corrected chi connectivity index (χ0v) is 10.9. The Bertz CT molecular complexity index is 523. The van der Waals surface area contributed by atoms with E-state index in [-0.39, 0.29) is 12.1 Å². The van der Waals surface area contributed by atoms with E-state index in [1.165, 1.54) is 0 Å². The third-order valence-electron chi connectivity index (χ3n) is 3.44. The molecule has 102 valence electrons. The number of nitrogens with one attached hydrogen (secondary N) is 1. The van der Waals surface area contributed by atoms with Crippen LogP contribution in [0.5, 0.6) is 0 Å². The quantitative estimate of drug-likeness (QED) is 0.862. The molecule has 0 aliphatic carbocycles. The molecule has 2 aromatic rings. The molecule has 6 nitrogen and oxygen atoms in total. The van der Waals surface area contributed by atoms with Gasteiger partial charge in [-0.15, -0.1) is 0 Å². The summed E-state index contributed by atoms with van der Waals surface area (Å²) in [5.41, 5.74) is 1.28. The molecular weight excluding hydrogens is 244 g/mol. The van der Waals surface area contributed by atoms with Gasteiger partial charge >= 0.3 is 0 Å². The van der Waals surface area contributed by atoms with Gasteiger partial charge < -0.3 is 14.8 Å². The smallest absolute Gasteiger partial charge is 0.297 e. The van der Waals surface area contributed by atoms with Gasteiger partial charge in [-0.2, -0.15) is 4.98 Å². The molecule has 0 saturated carbocycles. The van der Waals surface area contributed by atoms with Crippen molar-refractivity contribution in [2.45, 2.75) is 25.5 Å². The molecule has 6 heteroatoms. The fraction of sp³-hybridized carbons (Fsp3) is 0.538. The summed E-state index contributed by atoms with van der Waals surface area (Å²) in [7, 11) is 0. The molecule has 0 amide bonds. The Morgan fingerprint density at radius 3 is 3.21 bits per heavy atom.